The minimum Gasteiger partial charge on any atom is -0.462 e. The second kappa shape index (κ2) is 54.8. The molecule has 0 saturated carbocycles. The first-order valence-electron chi connectivity index (χ1n) is 29.2. The van der Waals surface area contributed by atoms with Crippen LogP contribution in [0.15, 0.2) is 12.2 Å². The molecule has 0 saturated heterocycles. The zero-order valence-electron chi connectivity index (χ0n) is 44.0. The molecule has 65 heavy (non-hydrogen) atoms. The third-order valence-corrected chi connectivity index (χ3v) is 13.3. The van der Waals surface area contributed by atoms with Crippen LogP contribution in [0, 0.1) is 0 Å². The number of allylic oxidation sites excluding steroid dienone is 2. The molecule has 6 nitrogen and oxygen atoms in total. The molecule has 0 aliphatic rings. The summed E-state index contributed by atoms with van der Waals surface area (Å²) in [5.41, 5.74) is 0. The van der Waals surface area contributed by atoms with Gasteiger partial charge in [0, 0.05) is 19.3 Å². The van der Waals surface area contributed by atoms with Gasteiger partial charge in [-0.1, -0.05) is 277 Å². The van der Waals surface area contributed by atoms with Crippen LogP contribution in [0.2, 0.25) is 0 Å². The third-order valence-electron chi connectivity index (χ3n) is 13.3. The first kappa shape index (κ1) is 63.1. The van der Waals surface area contributed by atoms with E-state index in [1.807, 2.05) is 0 Å². The highest BCUT2D eigenvalue weighted by atomic mass is 16.6. The average molecular weight is 918 g/mol. The standard InChI is InChI=1S/C59H112O6/c1-4-7-10-13-16-19-22-25-27-29-31-34-37-40-43-46-49-52-58(61)64-55-56(54-63-57(60)51-48-45-42-39-36-33-24-21-18-15-12-9-6-3)65-59(62)53-50-47-44-41-38-35-32-30-28-26-23-20-17-14-11-8-5-2/h25,27,56H,4-24,26,28-55H2,1-3H3. The number of hydrogen-bond donors (Lipinski definition) is 0. The molecule has 0 aromatic carbocycles. The molecule has 384 valence electrons. The number of ether oxygens (including phenoxy) is 3. The molecule has 0 N–H and O–H groups in total. The van der Waals surface area contributed by atoms with Gasteiger partial charge in [0.15, 0.2) is 6.10 Å². The van der Waals surface area contributed by atoms with Gasteiger partial charge in [0.2, 0.25) is 0 Å². The van der Waals surface area contributed by atoms with E-state index in [0.717, 1.165) is 57.8 Å². The van der Waals surface area contributed by atoms with E-state index in [1.54, 1.807) is 0 Å². The number of carbonyl (C=O) groups excluding carboxylic acids is 3. The van der Waals surface area contributed by atoms with Gasteiger partial charge in [-0.2, -0.15) is 0 Å². The summed E-state index contributed by atoms with van der Waals surface area (Å²) >= 11 is 0. The van der Waals surface area contributed by atoms with E-state index in [4.69, 9.17) is 14.2 Å². The maximum Gasteiger partial charge on any atom is 0.306 e. The topological polar surface area (TPSA) is 78.9 Å². The lowest BCUT2D eigenvalue weighted by atomic mass is 10.0. The highest BCUT2D eigenvalue weighted by Crippen LogP contribution is 2.17. The van der Waals surface area contributed by atoms with Gasteiger partial charge in [-0.15, -0.1) is 0 Å². The molecule has 0 radical (unpaired) electrons. The van der Waals surface area contributed by atoms with Crippen LogP contribution >= 0.6 is 0 Å². The summed E-state index contributed by atoms with van der Waals surface area (Å²) in [6, 6.07) is 0. The molecule has 0 fully saturated rings. The molecule has 1 unspecified atom stereocenters. The van der Waals surface area contributed by atoms with Crippen LogP contribution in [0.5, 0.6) is 0 Å². The van der Waals surface area contributed by atoms with Gasteiger partial charge < -0.3 is 14.2 Å². The van der Waals surface area contributed by atoms with E-state index in [1.165, 1.54) is 231 Å². The van der Waals surface area contributed by atoms with Crippen molar-refractivity contribution in [1.29, 1.82) is 0 Å². The molecule has 0 amide bonds. The quantitative estimate of drug-likeness (QED) is 0.0262. The SMILES string of the molecule is CCCCCCCCC=CCCCCCCCCCC(=O)OCC(COC(=O)CCCCCCCCCCCCCCC)OC(=O)CCCCCCCCCCCCCCCCCCC. The molecule has 0 rings (SSSR count). The molecule has 0 aromatic heterocycles. The van der Waals surface area contributed by atoms with Crippen molar-refractivity contribution in [2.24, 2.45) is 0 Å². The van der Waals surface area contributed by atoms with Gasteiger partial charge in [0.05, 0.1) is 0 Å². The van der Waals surface area contributed by atoms with Crippen LogP contribution in [0.4, 0.5) is 0 Å². The summed E-state index contributed by atoms with van der Waals surface area (Å²) in [7, 11) is 0. The molecular formula is C59H112O6. The normalized spacial score (nSPS) is 12.0. The first-order valence-corrected chi connectivity index (χ1v) is 29.2. The van der Waals surface area contributed by atoms with Gasteiger partial charge in [-0.3, -0.25) is 14.4 Å². The van der Waals surface area contributed by atoms with Crippen LogP contribution in [-0.4, -0.2) is 37.2 Å². The number of unbranched alkanes of at least 4 members (excludes halogenated alkanes) is 41. The third kappa shape index (κ3) is 53.0. The summed E-state index contributed by atoms with van der Waals surface area (Å²) in [4.78, 5) is 38.1. The van der Waals surface area contributed by atoms with Crippen LogP contribution in [0.1, 0.15) is 329 Å². The molecule has 0 aromatic rings. The Hall–Kier alpha value is -1.85. The van der Waals surface area contributed by atoms with Crippen molar-refractivity contribution in [3.63, 3.8) is 0 Å². The van der Waals surface area contributed by atoms with Gasteiger partial charge in [0.25, 0.3) is 0 Å². The lowest BCUT2D eigenvalue weighted by molar-refractivity contribution is -0.167. The minimum absolute atomic E-state index is 0.0652. The highest BCUT2D eigenvalue weighted by Gasteiger charge is 2.19. The predicted molar refractivity (Wildman–Crippen MR) is 280 cm³/mol. The van der Waals surface area contributed by atoms with Crippen LogP contribution in [-0.2, 0) is 28.6 Å². The Kier molecular flexibility index (Phi) is 53.2. The molecule has 6 heteroatoms. The van der Waals surface area contributed by atoms with Gasteiger partial charge >= 0.3 is 17.9 Å². The van der Waals surface area contributed by atoms with Crippen LogP contribution < -0.4 is 0 Å². The summed E-state index contributed by atoms with van der Waals surface area (Å²) in [5, 5.41) is 0. The van der Waals surface area contributed by atoms with Gasteiger partial charge in [-0.25, -0.2) is 0 Å². The van der Waals surface area contributed by atoms with Gasteiger partial charge in [0.1, 0.15) is 13.2 Å². The Bertz CT molecular complexity index is 1010. The van der Waals surface area contributed by atoms with Crippen molar-refractivity contribution in [3.8, 4) is 0 Å². The highest BCUT2D eigenvalue weighted by molar-refractivity contribution is 5.71. The van der Waals surface area contributed by atoms with Crippen molar-refractivity contribution in [2.75, 3.05) is 13.2 Å². The van der Waals surface area contributed by atoms with Crippen LogP contribution in [0.3, 0.4) is 0 Å². The lowest BCUT2D eigenvalue weighted by Gasteiger charge is -2.18. The second-order valence-electron chi connectivity index (χ2n) is 19.9. The number of rotatable bonds is 54. The van der Waals surface area contributed by atoms with E-state index in [-0.39, 0.29) is 31.1 Å². The zero-order valence-corrected chi connectivity index (χ0v) is 44.0. The molecule has 0 heterocycles. The van der Waals surface area contributed by atoms with Crippen molar-refractivity contribution < 1.29 is 28.6 Å². The zero-order chi connectivity index (χ0) is 47.2. The Morgan fingerprint density at radius 3 is 0.769 bits per heavy atom. The Labute approximate surface area is 405 Å². The van der Waals surface area contributed by atoms with Crippen molar-refractivity contribution in [1.82, 2.24) is 0 Å². The summed E-state index contributed by atoms with van der Waals surface area (Å²) in [5.74, 6) is -0.845. The molecule has 0 bridgehead atoms. The summed E-state index contributed by atoms with van der Waals surface area (Å²) in [6.45, 7) is 6.69. The van der Waals surface area contributed by atoms with E-state index in [0.29, 0.717) is 19.3 Å². The maximum atomic E-state index is 12.9. The van der Waals surface area contributed by atoms with Crippen LogP contribution in [0.25, 0.3) is 0 Å². The van der Waals surface area contributed by atoms with Crippen molar-refractivity contribution in [2.45, 2.75) is 335 Å². The fourth-order valence-electron chi connectivity index (χ4n) is 8.85. The summed E-state index contributed by atoms with van der Waals surface area (Å²) < 4.78 is 16.9. The molecule has 0 aliphatic carbocycles. The minimum atomic E-state index is -0.766. The monoisotopic (exact) mass is 917 g/mol. The Balaban J connectivity index is 4.31. The van der Waals surface area contributed by atoms with E-state index in [2.05, 4.69) is 32.9 Å². The van der Waals surface area contributed by atoms with Gasteiger partial charge in [-0.05, 0) is 44.9 Å². The smallest absolute Gasteiger partial charge is 0.306 e. The molecular weight excluding hydrogens is 805 g/mol. The number of carbonyl (C=O) groups is 3. The Morgan fingerprint density at radius 2 is 0.508 bits per heavy atom. The van der Waals surface area contributed by atoms with Crippen molar-refractivity contribution >= 4 is 17.9 Å². The second-order valence-corrected chi connectivity index (χ2v) is 19.9. The Morgan fingerprint density at radius 1 is 0.292 bits per heavy atom. The molecule has 0 spiro atoms. The largest absolute Gasteiger partial charge is 0.462 e. The fourth-order valence-corrected chi connectivity index (χ4v) is 8.85. The predicted octanol–water partition coefficient (Wildman–Crippen LogP) is 19.3. The molecule has 1 atom stereocenters. The average Bonchev–Trinajstić information content (AvgIpc) is 3.30. The maximum absolute atomic E-state index is 12.9. The van der Waals surface area contributed by atoms with E-state index in [9.17, 15) is 14.4 Å². The fraction of sp³-hybridized carbons (Fsp3) is 0.915. The number of hydrogen-bond acceptors (Lipinski definition) is 6. The van der Waals surface area contributed by atoms with Crippen molar-refractivity contribution in [3.05, 3.63) is 12.2 Å². The number of esters is 3. The van der Waals surface area contributed by atoms with E-state index >= 15 is 0 Å². The first-order chi connectivity index (χ1) is 32.0. The summed E-state index contributed by atoms with van der Waals surface area (Å²) in [6.07, 6.45) is 62.0. The van der Waals surface area contributed by atoms with E-state index < -0.39 is 6.10 Å². The molecule has 0 aliphatic heterocycles. The lowest BCUT2D eigenvalue weighted by Crippen LogP contribution is -2.30.